The monoisotopic (exact) mass is 458 g/mol. The highest BCUT2D eigenvalue weighted by Gasteiger charge is 2.34. The third-order valence-corrected chi connectivity index (χ3v) is 6.66. The van der Waals surface area contributed by atoms with Crippen LogP contribution in [0, 0.1) is 5.82 Å². The molecule has 1 aliphatic heterocycles. The van der Waals surface area contributed by atoms with Crippen LogP contribution in [0.1, 0.15) is 27.8 Å². The van der Waals surface area contributed by atoms with Gasteiger partial charge >= 0.3 is 5.97 Å². The summed E-state index contributed by atoms with van der Waals surface area (Å²) in [5, 5.41) is 9.85. The quantitative estimate of drug-likeness (QED) is 0.492. The van der Waals surface area contributed by atoms with E-state index in [1.807, 2.05) is 35.0 Å². The highest BCUT2D eigenvalue weighted by atomic mass is 32.1. The first-order chi connectivity index (χ1) is 15.0. The molecule has 9 heteroatoms. The number of hydrazone groups is 1. The zero-order valence-electron chi connectivity index (χ0n) is 16.6. The second-order valence-corrected chi connectivity index (χ2v) is 8.73. The van der Waals surface area contributed by atoms with Gasteiger partial charge in [0, 0.05) is 11.3 Å². The largest absolute Gasteiger partial charge is 0.494 e. The molecule has 0 radical (unpaired) electrons. The van der Waals surface area contributed by atoms with E-state index >= 15 is 0 Å². The molecular formula is C22H19FN2O4S2. The summed E-state index contributed by atoms with van der Waals surface area (Å²) < 4.78 is 23.8. The number of amides is 1. The fourth-order valence-electron chi connectivity index (χ4n) is 3.28. The maximum Gasteiger partial charge on any atom is 0.310 e. The van der Waals surface area contributed by atoms with E-state index in [0.29, 0.717) is 12.0 Å². The van der Waals surface area contributed by atoms with Crippen LogP contribution < -0.4 is 4.74 Å². The van der Waals surface area contributed by atoms with Crippen LogP contribution in [0.25, 0.3) is 0 Å². The number of thiophene rings is 2. The van der Waals surface area contributed by atoms with E-state index in [0.717, 1.165) is 15.5 Å². The van der Waals surface area contributed by atoms with Crippen LogP contribution in [-0.4, -0.2) is 36.3 Å². The average Bonchev–Trinajstić information content (AvgIpc) is 3.53. The average molecular weight is 459 g/mol. The molecule has 0 fully saturated rings. The molecule has 31 heavy (non-hydrogen) atoms. The summed E-state index contributed by atoms with van der Waals surface area (Å²) in [6.07, 6.45) is 0.456. The number of benzene rings is 1. The van der Waals surface area contributed by atoms with Crippen molar-refractivity contribution in [3.63, 3.8) is 0 Å². The molecule has 0 aliphatic carbocycles. The van der Waals surface area contributed by atoms with Gasteiger partial charge in [-0.1, -0.05) is 18.2 Å². The van der Waals surface area contributed by atoms with E-state index in [9.17, 15) is 14.0 Å². The van der Waals surface area contributed by atoms with Gasteiger partial charge in [0.25, 0.3) is 5.91 Å². The lowest BCUT2D eigenvalue weighted by Gasteiger charge is -2.20. The first-order valence-corrected chi connectivity index (χ1v) is 11.3. The predicted molar refractivity (Wildman–Crippen MR) is 117 cm³/mol. The SMILES string of the molecule is COc1ccc(CC(=O)OCC(=O)N2N=C(c3cccs3)CC2c2cccs2)cc1F. The number of carbonyl (C=O) groups excluding carboxylic acids is 2. The summed E-state index contributed by atoms with van der Waals surface area (Å²) in [7, 11) is 1.37. The van der Waals surface area contributed by atoms with Gasteiger partial charge in [-0.2, -0.15) is 5.10 Å². The van der Waals surface area contributed by atoms with Crippen LogP contribution in [0.4, 0.5) is 4.39 Å². The van der Waals surface area contributed by atoms with E-state index in [4.69, 9.17) is 9.47 Å². The van der Waals surface area contributed by atoms with E-state index < -0.39 is 24.3 Å². The zero-order valence-corrected chi connectivity index (χ0v) is 18.2. The van der Waals surface area contributed by atoms with Crippen molar-refractivity contribution in [3.05, 3.63) is 74.4 Å². The van der Waals surface area contributed by atoms with Crippen molar-refractivity contribution >= 4 is 40.3 Å². The predicted octanol–water partition coefficient (Wildman–Crippen LogP) is 4.42. The van der Waals surface area contributed by atoms with Crippen LogP contribution in [0.2, 0.25) is 0 Å². The third-order valence-electron chi connectivity index (χ3n) is 4.76. The van der Waals surface area contributed by atoms with Crippen molar-refractivity contribution < 1.29 is 23.5 Å². The van der Waals surface area contributed by atoms with Crippen molar-refractivity contribution in [2.75, 3.05) is 13.7 Å². The minimum Gasteiger partial charge on any atom is -0.494 e. The van der Waals surface area contributed by atoms with Crippen molar-refractivity contribution in [1.82, 2.24) is 5.01 Å². The molecule has 3 heterocycles. The standard InChI is InChI=1S/C22H19FN2O4S2/c1-28-18-7-6-14(10-15(18)23)11-22(27)29-13-21(26)25-17(20-5-3-9-31-20)12-16(24-25)19-4-2-8-30-19/h2-10,17H,11-13H2,1H3. The Kier molecular flexibility index (Phi) is 6.43. The highest BCUT2D eigenvalue weighted by Crippen LogP contribution is 2.35. The molecule has 1 aromatic carbocycles. The van der Waals surface area contributed by atoms with E-state index in [1.165, 1.54) is 24.3 Å². The number of methoxy groups -OCH3 is 1. The molecule has 2 aromatic heterocycles. The lowest BCUT2D eigenvalue weighted by molar-refractivity contribution is -0.152. The molecule has 4 rings (SSSR count). The summed E-state index contributed by atoms with van der Waals surface area (Å²) >= 11 is 3.12. The molecule has 1 unspecified atom stereocenters. The number of ether oxygens (including phenoxy) is 2. The van der Waals surface area contributed by atoms with Gasteiger partial charge < -0.3 is 9.47 Å². The van der Waals surface area contributed by atoms with Gasteiger partial charge in [0.1, 0.15) is 0 Å². The summed E-state index contributed by atoms with van der Waals surface area (Å²) in [6, 6.07) is 11.8. The fraction of sp³-hybridized carbons (Fsp3) is 0.227. The van der Waals surface area contributed by atoms with Crippen LogP contribution in [0.5, 0.6) is 5.75 Å². The Bertz CT molecular complexity index is 1100. The molecule has 0 N–H and O–H groups in total. The third kappa shape index (κ3) is 4.83. The molecule has 3 aromatic rings. The molecule has 1 atom stereocenters. The lowest BCUT2D eigenvalue weighted by Crippen LogP contribution is -2.31. The van der Waals surface area contributed by atoms with Crippen molar-refractivity contribution in [2.24, 2.45) is 5.10 Å². The molecule has 0 spiro atoms. The van der Waals surface area contributed by atoms with E-state index in [2.05, 4.69) is 5.10 Å². The summed E-state index contributed by atoms with van der Waals surface area (Å²) in [5.41, 5.74) is 1.27. The zero-order chi connectivity index (χ0) is 21.8. The summed E-state index contributed by atoms with van der Waals surface area (Å²) in [6.45, 7) is -0.430. The molecule has 0 saturated carbocycles. The molecule has 1 aliphatic rings. The number of nitrogens with zero attached hydrogens (tertiary/aromatic N) is 2. The Morgan fingerprint density at radius 3 is 2.68 bits per heavy atom. The Morgan fingerprint density at radius 1 is 1.19 bits per heavy atom. The smallest absolute Gasteiger partial charge is 0.310 e. The van der Waals surface area contributed by atoms with Crippen molar-refractivity contribution in [2.45, 2.75) is 18.9 Å². The van der Waals surface area contributed by atoms with E-state index in [1.54, 1.807) is 28.7 Å². The van der Waals surface area contributed by atoms with Crippen LogP contribution >= 0.6 is 22.7 Å². The van der Waals surface area contributed by atoms with Gasteiger partial charge in [0.2, 0.25) is 0 Å². The molecule has 6 nitrogen and oxygen atoms in total. The number of hydrogen-bond donors (Lipinski definition) is 0. The molecule has 160 valence electrons. The first-order valence-electron chi connectivity index (χ1n) is 9.50. The second-order valence-electron chi connectivity index (χ2n) is 6.80. The number of carbonyl (C=O) groups is 2. The first kappa shape index (κ1) is 21.2. The number of esters is 1. The van der Waals surface area contributed by atoms with Gasteiger partial charge in [-0.05, 0) is 40.6 Å². The molecule has 0 bridgehead atoms. The van der Waals surface area contributed by atoms with Crippen molar-refractivity contribution in [1.29, 1.82) is 0 Å². The lowest BCUT2D eigenvalue weighted by atomic mass is 10.1. The minimum absolute atomic E-state index is 0.0975. The maximum atomic E-state index is 13.8. The Morgan fingerprint density at radius 2 is 2.00 bits per heavy atom. The number of halogens is 1. The summed E-state index contributed by atoms with van der Waals surface area (Å²) in [5.74, 6) is -1.48. The van der Waals surface area contributed by atoms with Crippen molar-refractivity contribution in [3.8, 4) is 5.75 Å². The topological polar surface area (TPSA) is 68.2 Å². The van der Waals surface area contributed by atoms with Gasteiger partial charge in [-0.3, -0.25) is 9.59 Å². The number of hydrogen-bond acceptors (Lipinski definition) is 7. The van der Waals surface area contributed by atoms with E-state index in [-0.39, 0.29) is 18.2 Å². The van der Waals surface area contributed by atoms with Gasteiger partial charge in [0.05, 0.1) is 30.2 Å². The number of rotatable bonds is 7. The molecule has 1 amide bonds. The van der Waals surface area contributed by atoms with Gasteiger partial charge in [-0.15, -0.1) is 22.7 Å². The van der Waals surface area contributed by atoms with Crippen LogP contribution in [0.3, 0.4) is 0 Å². The van der Waals surface area contributed by atoms with Crippen LogP contribution in [-0.2, 0) is 20.7 Å². The Balaban J connectivity index is 1.41. The maximum absolute atomic E-state index is 13.8. The highest BCUT2D eigenvalue weighted by molar-refractivity contribution is 7.12. The van der Waals surface area contributed by atoms with Crippen LogP contribution in [0.15, 0.2) is 58.3 Å². The Labute approximate surface area is 186 Å². The van der Waals surface area contributed by atoms with Gasteiger partial charge in [-0.25, -0.2) is 9.40 Å². The normalized spacial score (nSPS) is 15.6. The minimum atomic E-state index is -0.618. The molecular weight excluding hydrogens is 439 g/mol. The fourth-order valence-corrected chi connectivity index (χ4v) is 4.81. The molecule has 0 saturated heterocycles. The summed E-state index contributed by atoms with van der Waals surface area (Å²) in [4.78, 5) is 27.0. The second kappa shape index (κ2) is 9.40. The Hall–Kier alpha value is -3.04. The van der Waals surface area contributed by atoms with Gasteiger partial charge in [0.15, 0.2) is 18.2 Å².